The van der Waals surface area contributed by atoms with Gasteiger partial charge in [0.25, 0.3) is 5.91 Å². The topological polar surface area (TPSA) is 71.8 Å². The van der Waals surface area contributed by atoms with Crippen LogP contribution >= 0.6 is 0 Å². The molecule has 1 heterocycles. The number of nitrogens with zero attached hydrogens (tertiary/aromatic N) is 3. The van der Waals surface area contributed by atoms with E-state index in [9.17, 15) is 4.79 Å². The minimum atomic E-state index is -0.135. The monoisotopic (exact) mass is 333 g/mol. The number of carbonyl (C=O) groups excluding carboxylic acids is 1. The number of hydrogen-bond donors (Lipinski definition) is 2. The third-order valence-electron chi connectivity index (χ3n) is 4.22. The van der Waals surface area contributed by atoms with E-state index in [1.807, 2.05) is 54.6 Å². The van der Waals surface area contributed by atoms with Crippen LogP contribution in [0.3, 0.4) is 0 Å². The molecule has 0 bridgehead atoms. The molecular formula is C19H19N5O. The van der Waals surface area contributed by atoms with E-state index < -0.39 is 0 Å². The Hall–Kier alpha value is -3.15. The van der Waals surface area contributed by atoms with Gasteiger partial charge >= 0.3 is 0 Å². The van der Waals surface area contributed by atoms with Gasteiger partial charge in [-0.15, -0.1) is 10.2 Å². The van der Waals surface area contributed by atoms with Gasteiger partial charge in [0.1, 0.15) is 6.33 Å². The van der Waals surface area contributed by atoms with Crippen LogP contribution in [0.15, 0.2) is 60.9 Å². The lowest BCUT2D eigenvalue weighted by Crippen LogP contribution is -2.25. The third-order valence-corrected chi connectivity index (χ3v) is 4.22. The van der Waals surface area contributed by atoms with E-state index in [-0.39, 0.29) is 5.91 Å². The fourth-order valence-electron chi connectivity index (χ4n) is 2.77. The summed E-state index contributed by atoms with van der Waals surface area (Å²) in [6, 6.07) is 17.8. The summed E-state index contributed by atoms with van der Waals surface area (Å²) in [5.74, 6) is 0.661. The van der Waals surface area contributed by atoms with Crippen LogP contribution in [0.5, 0.6) is 0 Å². The van der Waals surface area contributed by atoms with E-state index in [1.54, 1.807) is 6.33 Å². The molecule has 1 aliphatic carbocycles. The van der Waals surface area contributed by atoms with E-state index in [1.165, 1.54) is 0 Å². The first-order chi connectivity index (χ1) is 12.3. The average molecular weight is 333 g/mol. The summed E-state index contributed by atoms with van der Waals surface area (Å²) in [6.07, 6.45) is 4.05. The first-order valence-electron chi connectivity index (χ1n) is 8.39. The van der Waals surface area contributed by atoms with E-state index in [4.69, 9.17) is 0 Å². The molecule has 4 rings (SSSR count). The molecule has 3 aromatic rings. The molecule has 0 aliphatic heterocycles. The van der Waals surface area contributed by atoms with Gasteiger partial charge in [-0.3, -0.25) is 4.79 Å². The van der Waals surface area contributed by atoms with Gasteiger partial charge < -0.3 is 15.2 Å². The van der Waals surface area contributed by atoms with Crippen LogP contribution in [0.1, 0.15) is 35.1 Å². The standard InChI is InChI=1S/C19H19N5O/c25-19(20-12-18-23-21-13-24(18)15-10-11-15)16-8-4-5-9-17(16)22-14-6-2-1-3-7-14/h1-9,13,15,22H,10-12H2,(H,20,25). The van der Waals surface area contributed by atoms with Crippen LogP contribution in [0.25, 0.3) is 0 Å². The summed E-state index contributed by atoms with van der Waals surface area (Å²) in [7, 11) is 0. The molecule has 2 aromatic carbocycles. The van der Waals surface area contributed by atoms with Crippen molar-refractivity contribution in [3.05, 3.63) is 72.3 Å². The summed E-state index contributed by atoms with van der Waals surface area (Å²) in [5.41, 5.74) is 2.31. The smallest absolute Gasteiger partial charge is 0.253 e. The van der Waals surface area contributed by atoms with Crippen LogP contribution in [0.2, 0.25) is 0 Å². The molecular weight excluding hydrogens is 314 g/mol. The van der Waals surface area contributed by atoms with Crippen molar-refractivity contribution in [2.24, 2.45) is 0 Å². The van der Waals surface area contributed by atoms with E-state index in [2.05, 4.69) is 25.4 Å². The van der Waals surface area contributed by atoms with Crippen LogP contribution < -0.4 is 10.6 Å². The molecule has 1 aromatic heterocycles. The van der Waals surface area contributed by atoms with Crippen molar-refractivity contribution >= 4 is 17.3 Å². The fourth-order valence-corrected chi connectivity index (χ4v) is 2.77. The van der Waals surface area contributed by atoms with Gasteiger partial charge in [-0.2, -0.15) is 0 Å². The predicted molar refractivity (Wildman–Crippen MR) is 95.6 cm³/mol. The average Bonchev–Trinajstić information content (AvgIpc) is 3.39. The molecule has 2 N–H and O–H groups in total. The number of hydrogen-bond acceptors (Lipinski definition) is 4. The summed E-state index contributed by atoms with van der Waals surface area (Å²) in [6.45, 7) is 0.370. The third kappa shape index (κ3) is 3.52. The number of para-hydroxylation sites is 2. The van der Waals surface area contributed by atoms with Crippen LogP contribution in [-0.4, -0.2) is 20.7 Å². The van der Waals surface area contributed by atoms with Crippen molar-refractivity contribution < 1.29 is 4.79 Å². The largest absolute Gasteiger partial charge is 0.355 e. The first-order valence-corrected chi connectivity index (χ1v) is 8.39. The molecule has 1 saturated carbocycles. The second kappa shape index (κ2) is 6.76. The highest BCUT2D eigenvalue weighted by Gasteiger charge is 2.26. The number of benzene rings is 2. The lowest BCUT2D eigenvalue weighted by atomic mass is 10.1. The van der Waals surface area contributed by atoms with Gasteiger partial charge in [0.15, 0.2) is 5.82 Å². The SMILES string of the molecule is O=C(NCc1nncn1C1CC1)c1ccccc1Nc1ccccc1. The zero-order chi connectivity index (χ0) is 17.1. The van der Waals surface area contributed by atoms with Crippen molar-refractivity contribution in [3.63, 3.8) is 0 Å². The maximum Gasteiger partial charge on any atom is 0.253 e. The minimum absolute atomic E-state index is 0.135. The summed E-state index contributed by atoms with van der Waals surface area (Å²) in [4.78, 5) is 12.6. The maximum absolute atomic E-state index is 12.6. The van der Waals surface area contributed by atoms with E-state index >= 15 is 0 Å². The van der Waals surface area contributed by atoms with Gasteiger partial charge in [0.2, 0.25) is 0 Å². The summed E-state index contributed by atoms with van der Waals surface area (Å²) < 4.78 is 2.05. The Morgan fingerprint density at radius 2 is 1.84 bits per heavy atom. The Labute approximate surface area is 145 Å². The van der Waals surface area contributed by atoms with E-state index in [0.717, 1.165) is 30.0 Å². The molecule has 0 radical (unpaired) electrons. The van der Waals surface area contributed by atoms with Crippen LogP contribution in [0, 0.1) is 0 Å². The zero-order valence-electron chi connectivity index (χ0n) is 13.7. The highest BCUT2D eigenvalue weighted by atomic mass is 16.1. The Bertz CT molecular complexity index is 870. The Kier molecular flexibility index (Phi) is 4.16. The van der Waals surface area contributed by atoms with Gasteiger partial charge in [-0.1, -0.05) is 30.3 Å². The van der Waals surface area contributed by atoms with Gasteiger partial charge in [0.05, 0.1) is 17.8 Å². The molecule has 25 heavy (non-hydrogen) atoms. The zero-order valence-corrected chi connectivity index (χ0v) is 13.7. The van der Waals surface area contributed by atoms with E-state index in [0.29, 0.717) is 18.2 Å². The Morgan fingerprint density at radius 3 is 2.64 bits per heavy atom. The molecule has 6 heteroatoms. The summed E-state index contributed by atoms with van der Waals surface area (Å²) in [5, 5.41) is 14.3. The number of anilines is 2. The van der Waals surface area contributed by atoms with Crippen molar-refractivity contribution in [1.29, 1.82) is 0 Å². The predicted octanol–water partition coefficient (Wildman–Crippen LogP) is 3.29. The second-order valence-corrected chi connectivity index (χ2v) is 6.10. The fraction of sp³-hybridized carbons (Fsp3) is 0.211. The number of rotatable bonds is 6. The molecule has 0 spiro atoms. The van der Waals surface area contributed by atoms with Gasteiger partial charge in [-0.05, 0) is 37.1 Å². The molecule has 0 unspecified atom stereocenters. The normalized spacial score (nSPS) is 13.4. The molecule has 0 saturated heterocycles. The van der Waals surface area contributed by atoms with Crippen LogP contribution in [0.4, 0.5) is 11.4 Å². The quantitative estimate of drug-likeness (QED) is 0.726. The Balaban J connectivity index is 1.47. The van der Waals surface area contributed by atoms with Crippen LogP contribution in [-0.2, 0) is 6.54 Å². The minimum Gasteiger partial charge on any atom is -0.355 e. The number of nitrogens with one attached hydrogen (secondary N) is 2. The highest BCUT2D eigenvalue weighted by molar-refractivity contribution is 6.00. The molecule has 6 nitrogen and oxygen atoms in total. The van der Waals surface area contributed by atoms with Crippen molar-refractivity contribution in [2.75, 3.05) is 5.32 Å². The summed E-state index contributed by atoms with van der Waals surface area (Å²) >= 11 is 0. The Morgan fingerprint density at radius 1 is 1.08 bits per heavy atom. The molecule has 1 amide bonds. The highest BCUT2D eigenvalue weighted by Crippen LogP contribution is 2.35. The molecule has 0 atom stereocenters. The second-order valence-electron chi connectivity index (χ2n) is 6.10. The van der Waals surface area contributed by atoms with Gasteiger partial charge in [0, 0.05) is 11.7 Å². The lowest BCUT2D eigenvalue weighted by molar-refractivity contribution is 0.0950. The molecule has 1 fully saturated rings. The maximum atomic E-state index is 12.6. The molecule has 126 valence electrons. The molecule has 1 aliphatic rings. The van der Waals surface area contributed by atoms with Crippen molar-refractivity contribution in [2.45, 2.75) is 25.4 Å². The first kappa shape index (κ1) is 15.4. The van der Waals surface area contributed by atoms with Gasteiger partial charge in [-0.25, -0.2) is 0 Å². The number of aromatic nitrogens is 3. The number of amides is 1. The lowest BCUT2D eigenvalue weighted by Gasteiger charge is -2.12. The van der Waals surface area contributed by atoms with Crippen molar-refractivity contribution in [1.82, 2.24) is 20.1 Å². The number of carbonyl (C=O) groups is 1. The van der Waals surface area contributed by atoms with Crippen molar-refractivity contribution in [3.8, 4) is 0 Å².